The number of nitrogens with zero attached hydrogens (tertiary/aromatic N) is 2. The predicted octanol–water partition coefficient (Wildman–Crippen LogP) is 4.12. The van der Waals surface area contributed by atoms with Crippen molar-refractivity contribution in [2.45, 2.75) is 6.42 Å². The minimum atomic E-state index is 0. The van der Waals surface area contributed by atoms with Gasteiger partial charge in [-0.25, -0.2) is 4.68 Å². The average Bonchev–Trinajstić information content (AvgIpc) is 2.93. The summed E-state index contributed by atoms with van der Waals surface area (Å²) in [5.41, 5.74) is 9.91. The minimum Gasteiger partial charge on any atom is -0.330 e. The third-order valence-corrected chi connectivity index (χ3v) is 3.59. The molecule has 0 radical (unpaired) electrons. The number of para-hydroxylation sites is 1. The molecule has 0 bridgehead atoms. The van der Waals surface area contributed by atoms with Crippen molar-refractivity contribution in [3.8, 4) is 16.9 Å². The van der Waals surface area contributed by atoms with Gasteiger partial charge in [0.1, 0.15) is 0 Å². The third-order valence-electron chi connectivity index (χ3n) is 3.34. The van der Waals surface area contributed by atoms with Crippen LogP contribution in [0.25, 0.3) is 16.9 Å². The summed E-state index contributed by atoms with van der Waals surface area (Å²) in [6, 6.07) is 17.8. The van der Waals surface area contributed by atoms with Crippen LogP contribution < -0.4 is 5.73 Å². The van der Waals surface area contributed by atoms with E-state index < -0.39 is 0 Å². The molecule has 22 heavy (non-hydrogen) atoms. The Morgan fingerprint density at radius 3 is 2.32 bits per heavy atom. The van der Waals surface area contributed by atoms with Gasteiger partial charge in [0.05, 0.1) is 11.4 Å². The van der Waals surface area contributed by atoms with Crippen LogP contribution in [0.1, 0.15) is 5.56 Å². The molecule has 0 aliphatic heterocycles. The molecule has 1 aromatic heterocycles. The number of rotatable bonds is 4. The van der Waals surface area contributed by atoms with E-state index in [1.54, 1.807) is 0 Å². The second kappa shape index (κ2) is 7.45. The maximum Gasteiger partial charge on any atom is 0.0960 e. The Bertz CT molecular complexity index is 721. The topological polar surface area (TPSA) is 43.8 Å². The molecule has 5 heteroatoms. The molecule has 3 rings (SSSR count). The summed E-state index contributed by atoms with van der Waals surface area (Å²) in [5, 5.41) is 5.44. The lowest BCUT2D eigenvalue weighted by atomic mass is 10.1. The second-order valence-corrected chi connectivity index (χ2v) is 5.27. The Balaban J connectivity index is 0.00000176. The lowest BCUT2D eigenvalue weighted by molar-refractivity contribution is 0.882. The normalized spacial score (nSPS) is 10.3. The van der Waals surface area contributed by atoms with E-state index in [4.69, 9.17) is 22.4 Å². The first-order chi connectivity index (χ1) is 10.3. The molecule has 0 aliphatic carbocycles. The van der Waals surface area contributed by atoms with Crippen LogP contribution in [0.15, 0.2) is 60.8 Å². The van der Waals surface area contributed by atoms with Crippen LogP contribution in [0, 0.1) is 0 Å². The van der Waals surface area contributed by atoms with Gasteiger partial charge in [0.25, 0.3) is 0 Å². The molecule has 0 spiro atoms. The van der Waals surface area contributed by atoms with Crippen molar-refractivity contribution < 1.29 is 0 Å². The summed E-state index contributed by atoms with van der Waals surface area (Å²) < 4.78 is 1.90. The summed E-state index contributed by atoms with van der Waals surface area (Å²) >= 11 is 5.96. The van der Waals surface area contributed by atoms with E-state index in [-0.39, 0.29) is 12.4 Å². The van der Waals surface area contributed by atoms with Crippen molar-refractivity contribution in [1.82, 2.24) is 9.78 Å². The van der Waals surface area contributed by atoms with Crippen LogP contribution >= 0.6 is 24.0 Å². The van der Waals surface area contributed by atoms with Gasteiger partial charge in [0, 0.05) is 16.8 Å². The predicted molar refractivity (Wildman–Crippen MR) is 94.0 cm³/mol. The quantitative estimate of drug-likeness (QED) is 0.780. The van der Waals surface area contributed by atoms with Crippen LogP contribution in [0.3, 0.4) is 0 Å². The summed E-state index contributed by atoms with van der Waals surface area (Å²) in [6.45, 7) is 0.598. The van der Waals surface area contributed by atoms with Gasteiger partial charge >= 0.3 is 0 Å². The highest BCUT2D eigenvalue weighted by molar-refractivity contribution is 6.30. The van der Waals surface area contributed by atoms with E-state index in [0.717, 1.165) is 34.0 Å². The van der Waals surface area contributed by atoms with Crippen molar-refractivity contribution in [2.24, 2.45) is 5.73 Å². The summed E-state index contributed by atoms with van der Waals surface area (Å²) in [4.78, 5) is 0. The second-order valence-electron chi connectivity index (χ2n) is 4.83. The van der Waals surface area contributed by atoms with Gasteiger partial charge in [-0.15, -0.1) is 12.4 Å². The fourth-order valence-corrected chi connectivity index (χ4v) is 2.44. The number of hydrogen-bond donors (Lipinski definition) is 1. The molecule has 0 atom stereocenters. The van der Waals surface area contributed by atoms with Crippen LogP contribution in [-0.2, 0) is 6.42 Å². The molecule has 114 valence electrons. The van der Waals surface area contributed by atoms with E-state index in [9.17, 15) is 0 Å². The molecule has 0 fully saturated rings. The summed E-state index contributed by atoms with van der Waals surface area (Å²) in [6.07, 6.45) is 2.84. The summed E-state index contributed by atoms with van der Waals surface area (Å²) in [5.74, 6) is 0. The fraction of sp³-hybridized carbons (Fsp3) is 0.118. The molecular formula is C17H17Cl2N3. The highest BCUT2D eigenvalue weighted by Gasteiger charge is 2.11. The molecule has 0 unspecified atom stereocenters. The van der Waals surface area contributed by atoms with Gasteiger partial charge in [-0.3, -0.25) is 0 Å². The molecular weight excluding hydrogens is 317 g/mol. The largest absolute Gasteiger partial charge is 0.330 e. The fourth-order valence-electron chi connectivity index (χ4n) is 2.31. The third kappa shape index (κ3) is 3.50. The van der Waals surface area contributed by atoms with Crippen molar-refractivity contribution in [3.63, 3.8) is 0 Å². The van der Waals surface area contributed by atoms with Crippen molar-refractivity contribution in [1.29, 1.82) is 0 Å². The minimum absolute atomic E-state index is 0. The molecule has 2 aromatic carbocycles. The zero-order valence-electron chi connectivity index (χ0n) is 11.9. The van der Waals surface area contributed by atoms with E-state index in [0.29, 0.717) is 6.54 Å². The zero-order chi connectivity index (χ0) is 14.7. The number of benzene rings is 2. The lowest BCUT2D eigenvalue weighted by Crippen LogP contribution is -2.02. The molecule has 3 aromatic rings. The molecule has 0 aliphatic rings. The molecule has 0 amide bonds. The van der Waals surface area contributed by atoms with Crippen molar-refractivity contribution in [3.05, 3.63) is 71.4 Å². The molecule has 0 saturated carbocycles. The van der Waals surface area contributed by atoms with Crippen LogP contribution in [-0.4, -0.2) is 16.3 Å². The van der Waals surface area contributed by atoms with Crippen molar-refractivity contribution in [2.75, 3.05) is 6.54 Å². The standard InChI is InChI=1S/C17H16ClN3.ClH/c18-15-8-6-13(7-9-15)17-14(10-11-19)12-21(20-17)16-4-2-1-3-5-16;/h1-9,12H,10-11,19H2;1H. The molecule has 1 heterocycles. The number of hydrogen-bond acceptors (Lipinski definition) is 2. The van der Waals surface area contributed by atoms with Crippen LogP contribution in [0.2, 0.25) is 5.02 Å². The Hall–Kier alpha value is -1.81. The lowest BCUT2D eigenvalue weighted by Gasteiger charge is -2.01. The van der Waals surface area contributed by atoms with Crippen LogP contribution in [0.4, 0.5) is 0 Å². The zero-order valence-corrected chi connectivity index (χ0v) is 13.5. The van der Waals surface area contributed by atoms with Gasteiger partial charge in [-0.2, -0.15) is 5.10 Å². The Morgan fingerprint density at radius 2 is 1.68 bits per heavy atom. The Kier molecular flexibility index (Phi) is 5.61. The highest BCUT2D eigenvalue weighted by Crippen LogP contribution is 2.25. The van der Waals surface area contributed by atoms with Gasteiger partial charge < -0.3 is 5.73 Å². The van der Waals surface area contributed by atoms with Gasteiger partial charge in [0.2, 0.25) is 0 Å². The Morgan fingerprint density at radius 1 is 1.00 bits per heavy atom. The maximum atomic E-state index is 5.96. The highest BCUT2D eigenvalue weighted by atomic mass is 35.5. The molecule has 3 nitrogen and oxygen atoms in total. The SMILES string of the molecule is Cl.NCCc1cn(-c2ccccc2)nc1-c1ccc(Cl)cc1. The monoisotopic (exact) mass is 333 g/mol. The first-order valence-electron chi connectivity index (χ1n) is 6.88. The maximum absolute atomic E-state index is 5.96. The van der Waals surface area contributed by atoms with Gasteiger partial charge in [-0.05, 0) is 42.8 Å². The number of nitrogens with two attached hydrogens (primary N) is 1. The molecule has 2 N–H and O–H groups in total. The summed E-state index contributed by atoms with van der Waals surface area (Å²) in [7, 11) is 0. The van der Waals surface area contributed by atoms with E-state index >= 15 is 0 Å². The number of halogens is 2. The first kappa shape index (κ1) is 16.6. The Labute approximate surface area is 141 Å². The smallest absolute Gasteiger partial charge is 0.0960 e. The van der Waals surface area contributed by atoms with Crippen LogP contribution in [0.5, 0.6) is 0 Å². The van der Waals surface area contributed by atoms with Crippen molar-refractivity contribution >= 4 is 24.0 Å². The van der Waals surface area contributed by atoms with E-state index in [1.165, 1.54) is 0 Å². The van der Waals surface area contributed by atoms with Gasteiger partial charge in [-0.1, -0.05) is 41.9 Å². The average molecular weight is 334 g/mol. The first-order valence-corrected chi connectivity index (χ1v) is 7.25. The molecule has 0 saturated heterocycles. The van der Waals surface area contributed by atoms with E-state index in [1.807, 2.05) is 65.5 Å². The van der Waals surface area contributed by atoms with E-state index in [2.05, 4.69) is 0 Å². The number of aromatic nitrogens is 2. The van der Waals surface area contributed by atoms with Gasteiger partial charge in [0.15, 0.2) is 0 Å².